The van der Waals surface area contributed by atoms with E-state index in [1.54, 1.807) is 19.3 Å². The van der Waals surface area contributed by atoms with E-state index in [-0.39, 0.29) is 0 Å². The lowest BCUT2D eigenvalue weighted by atomic mass is 10.1. The predicted molar refractivity (Wildman–Crippen MR) is 70.4 cm³/mol. The standard InChI is InChI=1S/C14H14N2O2/c1-10(14(17)18)16-13-9-15-8-7-12(13)11-5-3-2-4-6-11/h2-10,16H,1H3,(H,17,18). The highest BCUT2D eigenvalue weighted by Gasteiger charge is 2.13. The minimum absolute atomic E-state index is 0.656. The van der Waals surface area contributed by atoms with Crippen molar-refractivity contribution in [2.75, 3.05) is 5.32 Å². The van der Waals surface area contributed by atoms with Gasteiger partial charge in [-0.2, -0.15) is 0 Å². The van der Waals surface area contributed by atoms with Crippen LogP contribution in [0.5, 0.6) is 0 Å². The summed E-state index contributed by atoms with van der Waals surface area (Å²) in [5, 5.41) is 11.9. The molecular weight excluding hydrogens is 228 g/mol. The molecule has 2 N–H and O–H groups in total. The van der Waals surface area contributed by atoms with Crippen LogP contribution in [0.25, 0.3) is 11.1 Å². The van der Waals surface area contributed by atoms with Crippen LogP contribution >= 0.6 is 0 Å². The lowest BCUT2D eigenvalue weighted by Gasteiger charge is -2.14. The average molecular weight is 242 g/mol. The number of rotatable bonds is 4. The van der Waals surface area contributed by atoms with Gasteiger partial charge < -0.3 is 10.4 Å². The summed E-state index contributed by atoms with van der Waals surface area (Å²) in [4.78, 5) is 14.9. The number of nitrogens with one attached hydrogen (secondary N) is 1. The lowest BCUT2D eigenvalue weighted by molar-refractivity contribution is -0.137. The summed E-state index contributed by atoms with van der Waals surface area (Å²) in [6.07, 6.45) is 3.33. The van der Waals surface area contributed by atoms with E-state index in [9.17, 15) is 4.79 Å². The normalized spacial score (nSPS) is 11.8. The first kappa shape index (κ1) is 12.1. The number of benzene rings is 1. The first-order valence-electron chi connectivity index (χ1n) is 5.67. The molecule has 0 aliphatic carbocycles. The Labute approximate surface area is 105 Å². The SMILES string of the molecule is CC(Nc1cnccc1-c1ccccc1)C(=O)O. The van der Waals surface area contributed by atoms with Crippen LogP contribution in [-0.2, 0) is 4.79 Å². The number of nitrogens with zero attached hydrogens (tertiary/aromatic N) is 1. The zero-order chi connectivity index (χ0) is 13.0. The van der Waals surface area contributed by atoms with E-state index < -0.39 is 12.0 Å². The second-order valence-electron chi connectivity index (χ2n) is 3.99. The van der Waals surface area contributed by atoms with Gasteiger partial charge >= 0.3 is 5.97 Å². The maximum atomic E-state index is 10.9. The topological polar surface area (TPSA) is 62.2 Å². The maximum Gasteiger partial charge on any atom is 0.325 e. The first-order chi connectivity index (χ1) is 8.68. The van der Waals surface area contributed by atoms with E-state index in [1.807, 2.05) is 36.4 Å². The van der Waals surface area contributed by atoms with Gasteiger partial charge in [-0.1, -0.05) is 30.3 Å². The molecule has 0 aliphatic rings. The van der Waals surface area contributed by atoms with Crippen molar-refractivity contribution in [2.24, 2.45) is 0 Å². The molecule has 0 saturated carbocycles. The molecular formula is C14H14N2O2. The van der Waals surface area contributed by atoms with Crippen molar-refractivity contribution < 1.29 is 9.90 Å². The molecule has 1 aromatic carbocycles. The minimum Gasteiger partial charge on any atom is -0.480 e. The van der Waals surface area contributed by atoms with Gasteiger partial charge in [-0.25, -0.2) is 0 Å². The van der Waals surface area contributed by atoms with Gasteiger partial charge in [0.2, 0.25) is 0 Å². The van der Waals surface area contributed by atoms with Gasteiger partial charge in [0.15, 0.2) is 0 Å². The van der Waals surface area contributed by atoms with Crippen LogP contribution in [0.1, 0.15) is 6.92 Å². The summed E-state index contributed by atoms with van der Waals surface area (Å²) >= 11 is 0. The average Bonchev–Trinajstić information content (AvgIpc) is 2.40. The molecule has 0 spiro atoms. The molecule has 1 atom stereocenters. The number of anilines is 1. The Morgan fingerprint density at radius 3 is 2.67 bits per heavy atom. The van der Waals surface area contributed by atoms with E-state index in [4.69, 9.17) is 5.11 Å². The van der Waals surface area contributed by atoms with Crippen molar-refractivity contribution in [3.05, 3.63) is 48.8 Å². The van der Waals surface area contributed by atoms with Crippen LogP contribution in [0, 0.1) is 0 Å². The molecule has 0 amide bonds. The Morgan fingerprint density at radius 1 is 1.28 bits per heavy atom. The van der Waals surface area contributed by atoms with Gasteiger partial charge in [0, 0.05) is 11.8 Å². The van der Waals surface area contributed by atoms with Gasteiger partial charge in [0.1, 0.15) is 6.04 Å². The fraction of sp³-hybridized carbons (Fsp3) is 0.143. The number of aliphatic carboxylic acids is 1. The second kappa shape index (κ2) is 5.31. The molecule has 0 saturated heterocycles. The summed E-state index contributed by atoms with van der Waals surface area (Å²) in [7, 11) is 0. The molecule has 0 radical (unpaired) electrons. The summed E-state index contributed by atoms with van der Waals surface area (Å²) < 4.78 is 0. The molecule has 0 fully saturated rings. The summed E-state index contributed by atoms with van der Waals surface area (Å²) in [5.41, 5.74) is 2.69. The number of pyridine rings is 1. The van der Waals surface area contributed by atoms with Crippen LogP contribution in [0.3, 0.4) is 0 Å². The van der Waals surface area contributed by atoms with Gasteiger partial charge in [-0.05, 0) is 18.6 Å². The van der Waals surface area contributed by atoms with Gasteiger partial charge in [0.25, 0.3) is 0 Å². The van der Waals surface area contributed by atoms with Gasteiger partial charge in [0.05, 0.1) is 11.9 Å². The number of carboxylic acid groups (broad SMARTS) is 1. The Hall–Kier alpha value is -2.36. The fourth-order valence-corrected chi connectivity index (χ4v) is 1.67. The smallest absolute Gasteiger partial charge is 0.325 e. The van der Waals surface area contributed by atoms with Crippen LogP contribution in [0.4, 0.5) is 5.69 Å². The highest BCUT2D eigenvalue weighted by atomic mass is 16.4. The quantitative estimate of drug-likeness (QED) is 0.865. The monoisotopic (exact) mass is 242 g/mol. The van der Waals surface area contributed by atoms with Crippen molar-refractivity contribution in [1.82, 2.24) is 4.98 Å². The van der Waals surface area contributed by atoms with Crippen molar-refractivity contribution in [3.63, 3.8) is 0 Å². The Kier molecular flexibility index (Phi) is 3.57. The van der Waals surface area contributed by atoms with E-state index in [0.29, 0.717) is 0 Å². The summed E-state index contributed by atoms with van der Waals surface area (Å²) in [6, 6.07) is 11.0. The van der Waals surface area contributed by atoms with Crippen LogP contribution in [-0.4, -0.2) is 22.1 Å². The van der Waals surface area contributed by atoms with Crippen LogP contribution in [0.2, 0.25) is 0 Å². The van der Waals surface area contributed by atoms with Gasteiger partial charge in [-0.3, -0.25) is 9.78 Å². The number of hydrogen-bond donors (Lipinski definition) is 2. The minimum atomic E-state index is -0.891. The predicted octanol–water partition coefficient (Wildman–Crippen LogP) is 2.63. The molecule has 0 bridgehead atoms. The Bertz CT molecular complexity index is 541. The Balaban J connectivity index is 2.35. The molecule has 2 aromatic rings. The number of carbonyl (C=O) groups is 1. The third-order valence-electron chi connectivity index (χ3n) is 2.65. The Morgan fingerprint density at radius 2 is 2.00 bits per heavy atom. The van der Waals surface area contributed by atoms with Gasteiger partial charge in [-0.15, -0.1) is 0 Å². The van der Waals surface area contributed by atoms with E-state index >= 15 is 0 Å². The second-order valence-corrected chi connectivity index (χ2v) is 3.99. The molecule has 2 rings (SSSR count). The first-order valence-corrected chi connectivity index (χ1v) is 5.67. The number of carboxylic acids is 1. The van der Waals surface area contributed by atoms with Crippen molar-refractivity contribution in [2.45, 2.75) is 13.0 Å². The third-order valence-corrected chi connectivity index (χ3v) is 2.65. The molecule has 1 heterocycles. The van der Waals surface area contributed by atoms with E-state index in [0.717, 1.165) is 16.8 Å². The van der Waals surface area contributed by atoms with E-state index in [1.165, 1.54) is 0 Å². The lowest BCUT2D eigenvalue weighted by Crippen LogP contribution is -2.25. The van der Waals surface area contributed by atoms with Crippen molar-refractivity contribution in [3.8, 4) is 11.1 Å². The molecule has 1 aromatic heterocycles. The highest BCUT2D eigenvalue weighted by molar-refractivity contribution is 5.82. The molecule has 4 nitrogen and oxygen atoms in total. The molecule has 92 valence electrons. The van der Waals surface area contributed by atoms with Crippen molar-refractivity contribution >= 4 is 11.7 Å². The van der Waals surface area contributed by atoms with Crippen LogP contribution in [0.15, 0.2) is 48.8 Å². The molecule has 1 unspecified atom stereocenters. The highest BCUT2D eigenvalue weighted by Crippen LogP contribution is 2.27. The zero-order valence-electron chi connectivity index (χ0n) is 10.00. The summed E-state index contributed by atoms with van der Waals surface area (Å²) in [5.74, 6) is -0.891. The number of hydrogen-bond acceptors (Lipinski definition) is 3. The molecule has 4 heteroatoms. The maximum absolute atomic E-state index is 10.9. The van der Waals surface area contributed by atoms with Crippen LogP contribution < -0.4 is 5.32 Å². The fourth-order valence-electron chi connectivity index (χ4n) is 1.67. The third kappa shape index (κ3) is 2.66. The zero-order valence-corrected chi connectivity index (χ0v) is 10.00. The largest absolute Gasteiger partial charge is 0.480 e. The summed E-state index contributed by atoms with van der Waals surface area (Å²) in [6.45, 7) is 1.60. The number of aromatic nitrogens is 1. The van der Waals surface area contributed by atoms with E-state index in [2.05, 4.69) is 10.3 Å². The molecule has 18 heavy (non-hydrogen) atoms. The van der Waals surface area contributed by atoms with Crippen molar-refractivity contribution in [1.29, 1.82) is 0 Å². The molecule has 0 aliphatic heterocycles.